The highest BCUT2D eigenvalue weighted by Gasteiger charge is 2.33. The van der Waals surface area contributed by atoms with Crippen LogP contribution in [0, 0.1) is 5.82 Å². The van der Waals surface area contributed by atoms with E-state index in [0.29, 0.717) is 59.0 Å². The summed E-state index contributed by atoms with van der Waals surface area (Å²) in [5.74, 6) is 0.173. The summed E-state index contributed by atoms with van der Waals surface area (Å²) in [4.78, 5) is 38.6. The summed E-state index contributed by atoms with van der Waals surface area (Å²) in [5, 5.41) is 0. The van der Waals surface area contributed by atoms with Crippen LogP contribution in [-0.4, -0.2) is 57.2 Å². The molecule has 0 aliphatic carbocycles. The number of unbranched alkanes of at least 4 members (excludes halogenated alkanes) is 9. The number of aromatic nitrogens is 2. The predicted molar refractivity (Wildman–Crippen MR) is 184 cm³/mol. The molecular formula is C34H42FN5O2S2. The summed E-state index contributed by atoms with van der Waals surface area (Å²) in [7, 11) is 0. The Bertz CT molecular complexity index is 1530. The van der Waals surface area contributed by atoms with Gasteiger partial charge in [-0.05, 0) is 48.9 Å². The van der Waals surface area contributed by atoms with Crippen LogP contribution in [0.15, 0.2) is 58.4 Å². The molecule has 0 saturated carbocycles. The first-order valence-corrected chi connectivity index (χ1v) is 17.2. The molecule has 2 saturated heterocycles. The molecule has 5 rings (SSSR count). The van der Waals surface area contributed by atoms with E-state index in [0.717, 1.165) is 18.5 Å². The number of carbonyl (C=O) groups excluding carboxylic acids is 1. The first-order valence-electron chi connectivity index (χ1n) is 16.0. The molecule has 2 aliphatic rings. The van der Waals surface area contributed by atoms with Crippen LogP contribution in [0.5, 0.6) is 0 Å². The highest BCUT2D eigenvalue weighted by Crippen LogP contribution is 2.34. The van der Waals surface area contributed by atoms with E-state index < -0.39 is 0 Å². The Labute approximate surface area is 269 Å². The molecule has 0 spiro atoms. The second-order valence-corrected chi connectivity index (χ2v) is 13.2. The van der Waals surface area contributed by atoms with E-state index in [9.17, 15) is 14.0 Å². The number of nitrogens with zero attached hydrogens (tertiary/aromatic N) is 5. The van der Waals surface area contributed by atoms with Gasteiger partial charge in [0, 0.05) is 44.6 Å². The number of anilines is 2. The summed E-state index contributed by atoms with van der Waals surface area (Å²) in [6.07, 6.45) is 15.7. The number of halogens is 1. The average Bonchev–Trinajstić information content (AvgIpc) is 3.31. The number of pyridine rings is 1. The van der Waals surface area contributed by atoms with E-state index in [4.69, 9.17) is 17.2 Å². The molecule has 0 atom stereocenters. The molecule has 0 bridgehead atoms. The molecule has 2 fully saturated rings. The van der Waals surface area contributed by atoms with Gasteiger partial charge in [-0.25, -0.2) is 9.37 Å². The fourth-order valence-electron chi connectivity index (χ4n) is 5.87. The van der Waals surface area contributed by atoms with Crippen LogP contribution in [0.25, 0.3) is 11.7 Å². The van der Waals surface area contributed by atoms with Gasteiger partial charge >= 0.3 is 0 Å². The SMILES string of the molecule is CCCCCCCCCCCCN1C(=O)C(=Cc2c(N3CCN(c4ccc(F)cc4)CC3)nc3ccccn3c2=O)SC1=S. The molecule has 0 unspecified atom stereocenters. The second-order valence-electron chi connectivity index (χ2n) is 11.5. The lowest BCUT2D eigenvalue weighted by molar-refractivity contribution is -0.122. The Kier molecular flexibility index (Phi) is 11.4. The zero-order valence-corrected chi connectivity index (χ0v) is 27.2. The van der Waals surface area contributed by atoms with Gasteiger partial charge in [-0.1, -0.05) is 94.8 Å². The Morgan fingerprint density at radius 3 is 2.18 bits per heavy atom. The minimum Gasteiger partial charge on any atom is -0.368 e. The minimum atomic E-state index is -0.258. The average molecular weight is 636 g/mol. The number of carbonyl (C=O) groups is 1. The number of hydrogen-bond donors (Lipinski definition) is 0. The summed E-state index contributed by atoms with van der Waals surface area (Å²) in [6, 6.07) is 12.0. The molecule has 0 radical (unpaired) electrons. The zero-order chi connectivity index (χ0) is 30.9. The van der Waals surface area contributed by atoms with E-state index >= 15 is 0 Å². The fraction of sp³-hybridized carbons (Fsp3) is 0.471. The van der Waals surface area contributed by atoms with Crippen LogP contribution < -0.4 is 15.4 Å². The van der Waals surface area contributed by atoms with Gasteiger partial charge in [0.05, 0.1) is 10.5 Å². The van der Waals surface area contributed by atoms with Crippen molar-refractivity contribution in [1.29, 1.82) is 0 Å². The molecule has 2 aromatic heterocycles. The number of fused-ring (bicyclic) bond motifs is 1. The van der Waals surface area contributed by atoms with Crippen molar-refractivity contribution in [2.45, 2.75) is 71.1 Å². The van der Waals surface area contributed by atoms with E-state index in [1.54, 1.807) is 35.4 Å². The quantitative estimate of drug-likeness (QED) is 0.105. The maximum absolute atomic E-state index is 13.8. The van der Waals surface area contributed by atoms with Crippen LogP contribution in [0.4, 0.5) is 15.9 Å². The highest BCUT2D eigenvalue weighted by molar-refractivity contribution is 8.26. The minimum absolute atomic E-state index is 0.138. The zero-order valence-electron chi connectivity index (χ0n) is 25.5. The molecular weight excluding hydrogens is 594 g/mol. The van der Waals surface area contributed by atoms with E-state index in [-0.39, 0.29) is 17.3 Å². The maximum Gasteiger partial charge on any atom is 0.267 e. The van der Waals surface area contributed by atoms with Gasteiger partial charge < -0.3 is 9.80 Å². The van der Waals surface area contributed by atoms with Crippen LogP contribution in [0.1, 0.15) is 76.7 Å². The van der Waals surface area contributed by atoms with Crippen LogP contribution >= 0.6 is 24.0 Å². The Morgan fingerprint density at radius 1 is 0.864 bits per heavy atom. The van der Waals surface area contributed by atoms with Crippen molar-refractivity contribution < 1.29 is 9.18 Å². The van der Waals surface area contributed by atoms with Crippen molar-refractivity contribution in [3.05, 3.63) is 75.3 Å². The van der Waals surface area contributed by atoms with Gasteiger partial charge in [0.25, 0.3) is 11.5 Å². The van der Waals surface area contributed by atoms with Gasteiger partial charge in [0.15, 0.2) is 0 Å². The third-order valence-electron chi connectivity index (χ3n) is 8.40. The van der Waals surface area contributed by atoms with Crippen molar-refractivity contribution in [2.24, 2.45) is 0 Å². The van der Waals surface area contributed by atoms with Crippen molar-refractivity contribution in [1.82, 2.24) is 14.3 Å². The first-order chi connectivity index (χ1) is 21.5. The summed E-state index contributed by atoms with van der Waals surface area (Å²) in [5.41, 5.74) is 1.69. The maximum atomic E-state index is 13.8. The molecule has 234 valence electrons. The van der Waals surface area contributed by atoms with Crippen molar-refractivity contribution in [3.63, 3.8) is 0 Å². The topological polar surface area (TPSA) is 61.2 Å². The van der Waals surface area contributed by atoms with Crippen LogP contribution in [0.3, 0.4) is 0 Å². The summed E-state index contributed by atoms with van der Waals surface area (Å²) in [6.45, 7) is 5.50. The highest BCUT2D eigenvalue weighted by atomic mass is 32.2. The molecule has 2 aliphatic heterocycles. The number of thiocarbonyl (C=S) groups is 1. The van der Waals surface area contributed by atoms with Gasteiger partial charge in [0.1, 0.15) is 21.6 Å². The Morgan fingerprint density at radius 2 is 1.50 bits per heavy atom. The van der Waals surface area contributed by atoms with Crippen LogP contribution in [0.2, 0.25) is 0 Å². The fourth-order valence-corrected chi connectivity index (χ4v) is 7.16. The van der Waals surface area contributed by atoms with E-state index in [2.05, 4.69) is 16.7 Å². The van der Waals surface area contributed by atoms with Gasteiger partial charge in [-0.2, -0.15) is 0 Å². The molecule has 1 amide bonds. The smallest absolute Gasteiger partial charge is 0.267 e. The molecule has 44 heavy (non-hydrogen) atoms. The summed E-state index contributed by atoms with van der Waals surface area (Å²) < 4.78 is 15.5. The molecule has 7 nitrogen and oxygen atoms in total. The molecule has 1 aromatic carbocycles. The van der Waals surface area contributed by atoms with Gasteiger partial charge in [0.2, 0.25) is 0 Å². The van der Waals surface area contributed by atoms with Crippen LogP contribution in [-0.2, 0) is 4.79 Å². The van der Waals surface area contributed by atoms with E-state index in [1.165, 1.54) is 79.7 Å². The van der Waals surface area contributed by atoms with Crippen molar-refractivity contribution in [2.75, 3.05) is 42.5 Å². The standard InChI is InChI=1S/C34H42FN5O2S2/c1-2-3-4-5-6-7-8-9-10-12-20-40-33(42)29(44-34(40)43)25-28-31(36-30-14-11-13-19-39(30)32(28)41)38-23-21-37(22-24-38)27-17-15-26(35)16-18-27/h11,13-19,25H,2-10,12,20-24H2,1H3. The predicted octanol–water partition coefficient (Wildman–Crippen LogP) is 7.28. The summed E-state index contributed by atoms with van der Waals surface area (Å²) >= 11 is 6.87. The van der Waals surface area contributed by atoms with Gasteiger partial charge in [-0.15, -0.1) is 0 Å². The number of rotatable bonds is 14. The lowest BCUT2D eigenvalue weighted by atomic mass is 10.1. The number of piperazine rings is 1. The normalized spacial score (nSPS) is 16.6. The largest absolute Gasteiger partial charge is 0.368 e. The van der Waals surface area contributed by atoms with E-state index in [1.807, 2.05) is 12.1 Å². The number of hydrogen-bond acceptors (Lipinski definition) is 7. The molecule has 0 N–H and O–H groups in total. The lowest BCUT2D eigenvalue weighted by Gasteiger charge is -2.37. The number of amides is 1. The monoisotopic (exact) mass is 635 g/mol. The first kappa shape index (κ1) is 32.2. The number of thioether (sulfide) groups is 1. The number of benzene rings is 1. The second kappa shape index (κ2) is 15.7. The lowest BCUT2D eigenvalue weighted by Crippen LogP contribution is -2.47. The third-order valence-corrected chi connectivity index (χ3v) is 9.78. The molecule has 10 heteroatoms. The Balaban J connectivity index is 1.26. The third kappa shape index (κ3) is 7.88. The van der Waals surface area contributed by atoms with Crippen molar-refractivity contribution in [3.8, 4) is 0 Å². The molecule has 3 aromatic rings. The molecule has 4 heterocycles. The Hall–Kier alpha value is -3.24. The van der Waals surface area contributed by atoms with Gasteiger partial charge in [-0.3, -0.25) is 18.9 Å². The van der Waals surface area contributed by atoms with Crippen molar-refractivity contribution >= 4 is 57.4 Å².